The number of rotatable bonds is 6. The van der Waals surface area contributed by atoms with Crippen LogP contribution in [0.1, 0.15) is 24.1 Å². The minimum Gasteiger partial charge on any atom is -0.494 e. The van der Waals surface area contributed by atoms with E-state index < -0.39 is 0 Å². The molecule has 1 unspecified atom stereocenters. The molecular weight excluding hydrogens is 346 g/mol. The molecule has 21 heavy (non-hydrogen) atoms. The van der Waals surface area contributed by atoms with Gasteiger partial charge in [0, 0.05) is 9.37 Å². The average Bonchev–Trinajstić information content (AvgIpc) is 2.51. The lowest BCUT2D eigenvalue weighted by Gasteiger charge is -2.21. The van der Waals surface area contributed by atoms with Gasteiger partial charge in [-0.15, -0.1) is 11.8 Å². The van der Waals surface area contributed by atoms with Crippen molar-refractivity contribution in [2.45, 2.75) is 17.9 Å². The van der Waals surface area contributed by atoms with Gasteiger partial charge in [0.05, 0.1) is 12.6 Å². The van der Waals surface area contributed by atoms with Gasteiger partial charge in [-0.1, -0.05) is 40.2 Å². The zero-order valence-electron chi connectivity index (χ0n) is 12.5. The maximum absolute atomic E-state index is 5.55. The van der Waals surface area contributed by atoms with E-state index in [0.717, 1.165) is 10.2 Å². The molecule has 0 radical (unpaired) electrons. The summed E-state index contributed by atoms with van der Waals surface area (Å²) in [6.07, 6.45) is 2.11. The third-order valence-electron chi connectivity index (χ3n) is 3.33. The highest BCUT2D eigenvalue weighted by molar-refractivity contribution is 9.10. The summed E-state index contributed by atoms with van der Waals surface area (Å²) in [5.41, 5.74) is 2.50. The second-order valence-corrected chi connectivity index (χ2v) is 6.28. The van der Waals surface area contributed by atoms with E-state index in [1.165, 1.54) is 16.0 Å². The van der Waals surface area contributed by atoms with Gasteiger partial charge in [0.25, 0.3) is 0 Å². The zero-order valence-corrected chi connectivity index (χ0v) is 14.9. The van der Waals surface area contributed by atoms with Crippen LogP contribution >= 0.6 is 27.7 Å². The van der Waals surface area contributed by atoms with Crippen molar-refractivity contribution in [1.29, 1.82) is 0 Å². The molecule has 0 aliphatic heterocycles. The van der Waals surface area contributed by atoms with Crippen molar-refractivity contribution < 1.29 is 4.74 Å². The van der Waals surface area contributed by atoms with Gasteiger partial charge < -0.3 is 10.1 Å². The lowest BCUT2D eigenvalue weighted by Crippen LogP contribution is -2.19. The van der Waals surface area contributed by atoms with Crippen molar-refractivity contribution in [1.82, 2.24) is 5.32 Å². The molecule has 0 amide bonds. The number of halogens is 1. The highest BCUT2D eigenvalue weighted by Crippen LogP contribution is 2.35. The quantitative estimate of drug-likeness (QED) is 0.737. The van der Waals surface area contributed by atoms with Crippen LogP contribution in [-0.4, -0.2) is 19.9 Å². The molecule has 112 valence electrons. The van der Waals surface area contributed by atoms with Crippen LogP contribution in [0, 0.1) is 0 Å². The topological polar surface area (TPSA) is 21.3 Å². The SMILES string of the molecule is CCOc1ccc(C(NC)c2ccccc2SC)c(Br)c1. The predicted octanol–water partition coefficient (Wildman–Crippen LogP) is 4.88. The summed E-state index contributed by atoms with van der Waals surface area (Å²) < 4.78 is 6.61. The Kier molecular flexibility index (Phi) is 6.15. The number of benzene rings is 2. The van der Waals surface area contributed by atoms with Crippen molar-refractivity contribution in [3.8, 4) is 5.75 Å². The highest BCUT2D eigenvalue weighted by atomic mass is 79.9. The Bertz CT molecular complexity index is 603. The summed E-state index contributed by atoms with van der Waals surface area (Å²) in [7, 11) is 1.99. The van der Waals surface area contributed by atoms with Gasteiger partial charge in [0.15, 0.2) is 0 Å². The summed E-state index contributed by atoms with van der Waals surface area (Å²) in [6.45, 7) is 2.67. The minimum absolute atomic E-state index is 0.152. The molecule has 0 heterocycles. The Morgan fingerprint density at radius 1 is 1.19 bits per heavy atom. The van der Waals surface area contributed by atoms with E-state index >= 15 is 0 Å². The van der Waals surface area contributed by atoms with Crippen molar-refractivity contribution in [3.05, 3.63) is 58.1 Å². The van der Waals surface area contributed by atoms with Crippen LogP contribution in [0.4, 0.5) is 0 Å². The van der Waals surface area contributed by atoms with Gasteiger partial charge in [-0.2, -0.15) is 0 Å². The molecule has 2 nitrogen and oxygen atoms in total. The normalized spacial score (nSPS) is 12.2. The maximum atomic E-state index is 5.55. The Hall–Kier alpha value is -0.970. The summed E-state index contributed by atoms with van der Waals surface area (Å²) in [5.74, 6) is 0.890. The Morgan fingerprint density at radius 2 is 1.95 bits per heavy atom. The summed E-state index contributed by atoms with van der Waals surface area (Å²) in [4.78, 5) is 1.29. The molecule has 0 saturated carbocycles. The molecule has 0 fully saturated rings. The molecule has 0 aliphatic rings. The van der Waals surface area contributed by atoms with E-state index in [9.17, 15) is 0 Å². The standard InChI is InChI=1S/C17H20BrNOS/c1-4-20-12-9-10-13(15(18)11-12)17(19-2)14-7-5-6-8-16(14)21-3/h5-11,17,19H,4H2,1-3H3. The summed E-state index contributed by atoms with van der Waals surface area (Å²) in [5, 5.41) is 3.42. The van der Waals surface area contributed by atoms with Gasteiger partial charge in [-0.05, 0) is 49.6 Å². The van der Waals surface area contributed by atoms with E-state index in [4.69, 9.17) is 4.74 Å². The highest BCUT2D eigenvalue weighted by Gasteiger charge is 2.18. The molecule has 1 atom stereocenters. The fourth-order valence-corrected chi connectivity index (χ4v) is 3.60. The third kappa shape index (κ3) is 3.82. The lowest BCUT2D eigenvalue weighted by molar-refractivity contribution is 0.340. The van der Waals surface area contributed by atoms with Gasteiger partial charge in [0.2, 0.25) is 0 Å². The first-order chi connectivity index (χ1) is 10.2. The molecule has 0 saturated heterocycles. The maximum Gasteiger partial charge on any atom is 0.120 e. The first-order valence-corrected chi connectivity index (χ1v) is 8.95. The van der Waals surface area contributed by atoms with Crippen LogP contribution in [0.5, 0.6) is 5.75 Å². The van der Waals surface area contributed by atoms with Crippen molar-refractivity contribution in [2.24, 2.45) is 0 Å². The molecule has 0 aliphatic carbocycles. The van der Waals surface area contributed by atoms with Crippen LogP contribution in [0.3, 0.4) is 0 Å². The summed E-state index contributed by atoms with van der Waals surface area (Å²) >= 11 is 5.45. The monoisotopic (exact) mass is 365 g/mol. The molecule has 4 heteroatoms. The number of hydrogen-bond acceptors (Lipinski definition) is 3. The van der Waals surface area contributed by atoms with E-state index in [-0.39, 0.29) is 6.04 Å². The van der Waals surface area contributed by atoms with E-state index in [1.54, 1.807) is 11.8 Å². The number of hydrogen-bond donors (Lipinski definition) is 1. The van der Waals surface area contributed by atoms with Crippen molar-refractivity contribution >= 4 is 27.7 Å². The summed E-state index contributed by atoms with van der Waals surface area (Å²) in [6, 6.07) is 14.8. The van der Waals surface area contributed by atoms with Crippen molar-refractivity contribution in [2.75, 3.05) is 19.9 Å². The molecule has 2 rings (SSSR count). The second-order valence-electron chi connectivity index (χ2n) is 4.58. The fraction of sp³-hybridized carbons (Fsp3) is 0.294. The largest absolute Gasteiger partial charge is 0.494 e. The zero-order chi connectivity index (χ0) is 15.2. The Balaban J connectivity index is 2.42. The second kappa shape index (κ2) is 7.87. The van der Waals surface area contributed by atoms with Crippen LogP contribution in [0.15, 0.2) is 51.8 Å². The molecule has 2 aromatic rings. The van der Waals surface area contributed by atoms with Gasteiger partial charge in [-0.25, -0.2) is 0 Å². The predicted molar refractivity (Wildman–Crippen MR) is 94.4 cm³/mol. The number of nitrogens with one attached hydrogen (secondary N) is 1. The molecule has 0 aromatic heterocycles. The van der Waals surface area contributed by atoms with Gasteiger partial charge >= 0.3 is 0 Å². The Morgan fingerprint density at radius 3 is 2.57 bits per heavy atom. The molecule has 0 bridgehead atoms. The fourth-order valence-electron chi connectivity index (χ4n) is 2.38. The molecule has 0 spiro atoms. The van der Waals surface area contributed by atoms with Crippen LogP contribution in [0.25, 0.3) is 0 Å². The average molecular weight is 366 g/mol. The van der Waals surface area contributed by atoms with E-state index in [2.05, 4.69) is 57.8 Å². The first kappa shape index (κ1) is 16.4. The van der Waals surface area contributed by atoms with Crippen LogP contribution < -0.4 is 10.1 Å². The minimum atomic E-state index is 0.152. The lowest BCUT2D eigenvalue weighted by atomic mass is 9.98. The van der Waals surface area contributed by atoms with Gasteiger partial charge in [0.1, 0.15) is 5.75 Å². The number of ether oxygens (including phenoxy) is 1. The van der Waals surface area contributed by atoms with Crippen LogP contribution in [-0.2, 0) is 0 Å². The van der Waals surface area contributed by atoms with Gasteiger partial charge in [-0.3, -0.25) is 0 Å². The Labute approximate surface area is 139 Å². The van der Waals surface area contributed by atoms with Crippen molar-refractivity contribution in [3.63, 3.8) is 0 Å². The molecule has 1 N–H and O–H groups in total. The molecule has 2 aromatic carbocycles. The molecular formula is C17H20BrNOS. The van der Waals surface area contributed by atoms with E-state index in [0.29, 0.717) is 6.61 Å². The third-order valence-corrected chi connectivity index (χ3v) is 4.83. The first-order valence-electron chi connectivity index (χ1n) is 6.93. The smallest absolute Gasteiger partial charge is 0.120 e. The van der Waals surface area contributed by atoms with Crippen LogP contribution in [0.2, 0.25) is 0 Å². The van der Waals surface area contributed by atoms with E-state index in [1.807, 2.05) is 26.1 Å². The number of thioether (sulfide) groups is 1.